The fraction of sp³-hybridized carbons (Fsp3) is 0.182. The molecule has 0 bridgehead atoms. The van der Waals surface area contributed by atoms with Gasteiger partial charge >= 0.3 is 5.97 Å². The molecule has 1 aromatic rings. The summed E-state index contributed by atoms with van der Waals surface area (Å²) in [5.74, 6) is 0.300. The van der Waals surface area contributed by atoms with Crippen molar-refractivity contribution in [3.8, 4) is 5.75 Å². The van der Waals surface area contributed by atoms with E-state index in [0.717, 1.165) is 4.47 Å². The summed E-state index contributed by atoms with van der Waals surface area (Å²) in [7, 11) is 1.57. The van der Waals surface area contributed by atoms with Crippen LogP contribution in [0.5, 0.6) is 5.75 Å². The minimum atomic E-state index is -0.377. The Morgan fingerprint density at radius 2 is 2.33 bits per heavy atom. The summed E-state index contributed by atoms with van der Waals surface area (Å²) in [5, 5.41) is 0. The average Bonchev–Trinajstić information content (AvgIpc) is 2.25. The van der Waals surface area contributed by atoms with Crippen LogP contribution in [0.15, 0.2) is 35.3 Å². The zero-order valence-corrected chi connectivity index (χ0v) is 9.91. The third-order valence-corrected chi connectivity index (χ3v) is 2.34. The van der Waals surface area contributed by atoms with E-state index in [1.165, 1.54) is 6.08 Å². The fourth-order valence-electron chi connectivity index (χ4n) is 1.01. The SMILES string of the molecule is C=CCOC(=O)c1ccc(OC)c(Br)c1. The molecular formula is C11H11BrO3. The summed E-state index contributed by atoms with van der Waals surface area (Å²) < 4.78 is 10.7. The second kappa shape index (κ2) is 5.56. The monoisotopic (exact) mass is 270 g/mol. The predicted octanol–water partition coefficient (Wildman–Crippen LogP) is 2.80. The number of ether oxygens (including phenoxy) is 2. The molecule has 0 N–H and O–H groups in total. The lowest BCUT2D eigenvalue weighted by Crippen LogP contribution is -2.05. The van der Waals surface area contributed by atoms with Crippen molar-refractivity contribution in [1.82, 2.24) is 0 Å². The van der Waals surface area contributed by atoms with Crippen molar-refractivity contribution in [2.24, 2.45) is 0 Å². The molecule has 0 amide bonds. The van der Waals surface area contributed by atoms with Crippen LogP contribution in [0.2, 0.25) is 0 Å². The van der Waals surface area contributed by atoms with E-state index in [2.05, 4.69) is 22.5 Å². The molecule has 0 saturated carbocycles. The van der Waals surface area contributed by atoms with Crippen molar-refractivity contribution in [2.75, 3.05) is 13.7 Å². The second-order valence-corrected chi connectivity index (χ2v) is 3.59. The Bertz CT molecular complexity index is 374. The lowest BCUT2D eigenvalue weighted by Gasteiger charge is -2.05. The van der Waals surface area contributed by atoms with Gasteiger partial charge in [-0.05, 0) is 34.1 Å². The van der Waals surface area contributed by atoms with Crippen LogP contribution in [0.25, 0.3) is 0 Å². The van der Waals surface area contributed by atoms with Gasteiger partial charge in [0.2, 0.25) is 0 Å². The van der Waals surface area contributed by atoms with Crippen LogP contribution >= 0.6 is 15.9 Å². The largest absolute Gasteiger partial charge is 0.496 e. The van der Waals surface area contributed by atoms with Crippen LogP contribution in [-0.4, -0.2) is 19.7 Å². The molecule has 0 spiro atoms. The first-order valence-corrected chi connectivity index (χ1v) is 5.10. The van der Waals surface area contributed by atoms with E-state index in [9.17, 15) is 4.79 Å². The lowest BCUT2D eigenvalue weighted by atomic mass is 10.2. The molecule has 0 fully saturated rings. The molecule has 0 heterocycles. The van der Waals surface area contributed by atoms with Gasteiger partial charge in [0, 0.05) is 0 Å². The summed E-state index contributed by atoms with van der Waals surface area (Å²) in [6.07, 6.45) is 1.52. The van der Waals surface area contributed by atoms with E-state index < -0.39 is 0 Å². The van der Waals surface area contributed by atoms with Crippen molar-refractivity contribution in [3.05, 3.63) is 40.9 Å². The lowest BCUT2D eigenvalue weighted by molar-refractivity contribution is 0.0549. The number of rotatable bonds is 4. The zero-order chi connectivity index (χ0) is 11.3. The van der Waals surface area contributed by atoms with Gasteiger partial charge in [0.1, 0.15) is 12.4 Å². The number of hydrogen-bond acceptors (Lipinski definition) is 3. The number of esters is 1. The van der Waals surface area contributed by atoms with Gasteiger partial charge in [0.05, 0.1) is 17.1 Å². The molecule has 0 aliphatic carbocycles. The van der Waals surface area contributed by atoms with Gasteiger partial charge in [0.15, 0.2) is 0 Å². The van der Waals surface area contributed by atoms with Crippen molar-refractivity contribution in [3.63, 3.8) is 0 Å². The molecule has 0 aliphatic rings. The third-order valence-electron chi connectivity index (χ3n) is 1.72. The van der Waals surface area contributed by atoms with E-state index in [1.54, 1.807) is 25.3 Å². The van der Waals surface area contributed by atoms with E-state index in [0.29, 0.717) is 11.3 Å². The first kappa shape index (κ1) is 11.8. The summed E-state index contributed by atoms with van der Waals surface area (Å²) in [5.41, 5.74) is 0.476. The van der Waals surface area contributed by atoms with E-state index >= 15 is 0 Å². The van der Waals surface area contributed by atoms with E-state index in [1.807, 2.05) is 0 Å². The van der Waals surface area contributed by atoms with Crippen LogP contribution in [0.3, 0.4) is 0 Å². The number of methoxy groups -OCH3 is 1. The maximum atomic E-state index is 11.4. The Morgan fingerprint density at radius 1 is 1.60 bits per heavy atom. The maximum absolute atomic E-state index is 11.4. The molecule has 15 heavy (non-hydrogen) atoms. The van der Waals surface area contributed by atoms with Gasteiger partial charge in [-0.3, -0.25) is 0 Å². The highest BCUT2D eigenvalue weighted by molar-refractivity contribution is 9.10. The van der Waals surface area contributed by atoms with Gasteiger partial charge in [-0.15, -0.1) is 0 Å². The highest BCUT2D eigenvalue weighted by atomic mass is 79.9. The molecule has 0 aromatic heterocycles. The van der Waals surface area contributed by atoms with Crippen molar-refractivity contribution >= 4 is 21.9 Å². The third kappa shape index (κ3) is 3.09. The van der Waals surface area contributed by atoms with E-state index in [4.69, 9.17) is 9.47 Å². The Hall–Kier alpha value is -1.29. The molecule has 80 valence electrons. The second-order valence-electron chi connectivity index (χ2n) is 2.74. The summed E-state index contributed by atoms with van der Waals surface area (Å²) in [6, 6.07) is 5.01. The Balaban J connectivity index is 2.82. The van der Waals surface area contributed by atoms with Crippen LogP contribution in [0.1, 0.15) is 10.4 Å². The molecule has 1 aromatic carbocycles. The highest BCUT2D eigenvalue weighted by Crippen LogP contribution is 2.25. The Kier molecular flexibility index (Phi) is 4.37. The first-order chi connectivity index (χ1) is 7.19. The summed E-state index contributed by atoms with van der Waals surface area (Å²) in [6.45, 7) is 3.68. The molecule has 3 nitrogen and oxygen atoms in total. The molecule has 0 saturated heterocycles. The summed E-state index contributed by atoms with van der Waals surface area (Å²) in [4.78, 5) is 11.4. The molecular weight excluding hydrogens is 260 g/mol. The molecule has 0 atom stereocenters. The number of carbonyl (C=O) groups excluding carboxylic acids is 1. The van der Waals surface area contributed by atoms with Crippen LogP contribution in [0.4, 0.5) is 0 Å². The van der Waals surface area contributed by atoms with Crippen LogP contribution in [0, 0.1) is 0 Å². The smallest absolute Gasteiger partial charge is 0.338 e. The van der Waals surface area contributed by atoms with Gasteiger partial charge in [0.25, 0.3) is 0 Å². The van der Waals surface area contributed by atoms with Crippen LogP contribution in [-0.2, 0) is 4.74 Å². The van der Waals surface area contributed by atoms with Crippen molar-refractivity contribution < 1.29 is 14.3 Å². The average molecular weight is 271 g/mol. The van der Waals surface area contributed by atoms with Crippen LogP contribution < -0.4 is 4.74 Å². The summed E-state index contributed by atoms with van der Waals surface area (Å²) >= 11 is 3.29. The molecule has 0 aliphatic heterocycles. The first-order valence-electron chi connectivity index (χ1n) is 4.30. The molecule has 0 unspecified atom stereocenters. The maximum Gasteiger partial charge on any atom is 0.338 e. The molecule has 4 heteroatoms. The Morgan fingerprint density at radius 3 is 2.87 bits per heavy atom. The molecule has 0 radical (unpaired) electrons. The van der Waals surface area contributed by atoms with Crippen molar-refractivity contribution in [2.45, 2.75) is 0 Å². The number of benzene rings is 1. The van der Waals surface area contributed by atoms with Gasteiger partial charge in [-0.1, -0.05) is 12.7 Å². The quantitative estimate of drug-likeness (QED) is 0.624. The topological polar surface area (TPSA) is 35.5 Å². The number of carbonyl (C=O) groups is 1. The Labute approximate surface area is 96.8 Å². The van der Waals surface area contributed by atoms with Gasteiger partial charge < -0.3 is 9.47 Å². The number of halogens is 1. The standard InChI is InChI=1S/C11H11BrO3/c1-3-6-15-11(13)8-4-5-10(14-2)9(12)7-8/h3-5,7H,1,6H2,2H3. The van der Waals surface area contributed by atoms with Gasteiger partial charge in [-0.2, -0.15) is 0 Å². The molecule has 1 rings (SSSR count). The minimum absolute atomic E-state index is 0.211. The van der Waals surface area contributed by atoms with E-state index in [-0.39, 0.29) is 12.6 Å². The minimum Gasteiger partial charge on any atom is -0.496 e. The van der Waals surface area contributed by atoms with Crippen molar-refractivity contribution in [1.29, 1.82) is 0 Å². The zero-order valence-electron chi connectivity index (χ0n) is 8.33. The highest BCUT2D eigenvalue weighted by Gasteiger charge is 2.09. The number of hydrogen-bond donors (Lipinski definition) is 0. The predicted molar refractivity (Wildman–Crippen MR) is 61.2 cm³/mol. The normalized spacial score (nSPS) is 9.47. The fourth-order valence-corrected chi connectivity index (χ4v) is 1.55. The van der Waals surface area contributed by atoms with Gasteiger partial charge in [-0.25, -0.2) is 4.79 Å².